The van der Waals surface area contributed by atoms with Crippen LogP contribution >= 0.6 is 0 Å². The Labute approximate surface area is 133 Å². The van der Waals surface area contributed by atoms with Crippen molar-refractivity contribution in [2.24, 2.45) is 0 Å². The second-order valence-electron chi connectivity index (χ2n) is 6.22. The Hall–Kier alpha value is -2.48. The van der Waals surface area contributed by atoms with Gasteiger partial charge in [0.25, 0.3) is 0 Å². The molecule has 0 amide bonds. The standard InChI is InChI=1S/C15H19N7O/c1-12-9-13-14(16-4-8-22(13)18-12)20-6-2-3-15(23,10-20)11-21-7-5-17-19-21/h4-5,7-9,23H,2-3,6,10-11H2,1H3. The van der Waals surface area contributed by atoms with Crippen LogP contribution in [0.1, 0.15) is 18.5 Å². The van der Waals surface area contributed by atoms with Crippen molar-refractivity contribution < 1.29 is 5.11 Å². The molecule has 0 saturated carbocycles. The Kier molecular flexibility index (Phi) is 3.26. The summed E-state index contributed by atoms with van der Waals surface area (Å²) in [6.45, 7) is 3.79. The normalized spacial score (nSPS) is 21.9. The average molecular weight is 313 g/mol. The summed E-state index contributed by atoms with van der Waals surface area (Å²) in [6, 6.07) is 2.02. The highest BCUT2D eigenvalue weighted by Crippen LogP contribution is 2.28. The fraction of sp³-hybridized carbons (Fsp3) is 0.467. The summed E-state index contributed by atoms with van der Waals surface area (Å²) in [4.78, 5) is 6.66. The van der Waals surface area contributed by atoms with E-state index in [4.69, 9.17) is 0 Å². The Morgan fingerprint density at radius 1 is 1.30 bits per heavy atom. The van der Waals surface area contributed by atoms with Crippen LogP contribution in [0, 0.1) is 6.92 Å². The number of aryl methyl sites for hydroxylation is 1. The van der Waals surface area contributed by atoms with Gasteiger partial charge in [-0.1, -0.05) is 5.21 Å². The molecule has 3 aromatic heterocycles. The predicted octanol–water partition coefficient (Wildman–Crippen LogP) is 0.661. The summed E-state index contributed by atoms with van der Waals surface area (Å²) in [5, 5.41) is 23.2. The summed E-state index contributed by atoms with van der Waals surface area (Å²) in [5.41, 5.74) is 1.08. The lowest BCUT2D eigenvalue weighted by Crippen LogP contribution is -2.51. The largest absolute Gasteiger partial charge is 0.386 e. The molecular weight excluding hydrogens is 294 g/mol. The van der Waals surface area contributed by atoms with Crippen LogP contribution in [0.4, 0.5) is 5.82 Å². The average Bonchev–Trinajstić information content (AvgIpc) is 3.14. The van der Waals surface area contributed by atoms with Gasteiger partial charge in [-0.25, -0.2) is 14.2 Å². The van der Waals surface area contributed by atoms with Gasteiger partial charge < -0.3 is 10.0 Å². The van der Waals surface area contributed by atoms with Gasteiger partial charge in [-0.05, 0) is 25.8 Å². The van der Waals surface area contributed by atoms with Crippen LogP contribution in [0.25, 0.3) is 5.52 Å². The van der Waals surface area contributed by atoms with Gasteiger partial charge in [0.15, 0.2) is 5.82 Å². The summed E-state index contributed by atoms with van der Waals surface area (Å²) < 4.78 is 3.52. The Bertz CT molecular complexity index is 812. The highest BCUT2D eigenvalue weighted by molar-refractivity contribution is 5.69. The highest BCUT2D eigenvalue weighted by atomic mass is 16.3. The first-order valence-electron chi connectivity index (χ1n) is 7.75. The third kappa shape index (κ3) is 2.65. The maximum Gasteiger partial charge on any atom is 0.154 e. The maximum atomic E-state index is 11.0. The number of rotatable bonds is 3. The molecule has 4 rings (SSSR count). The summed E-state index contributed by atoms with van der Waals surface area (Å²) in [6.07, 6.45) is 8.64. The van der Waals surface area contributed by atoms with Gasteiger partial charge in [0, 0.05) is 25.1 Å². The first kappa shape index (κ1) is 14.1. The summed E-state index contributed by atoms with van der Waals surface area (Å²) in [7, 11) is 0. The van der Waals surface area contributed by atoms with Crippen LogP contribution in [-0.4, -0.2) is 53.4 Å². The first-order chi connectivity index (χ1) is 11.1. The van der Waals surface area contributed by atoms with E-state index in [0.717, 1.165) is 36.4 Å². The van der Waals surface area contributed by atoms with Crippen molar-refractivity contribution in [3.05, 3.63) is 36.5 Å². The Morgan fingerprint density at radius 3 is 3.04 bits per heavy atom. The van der Waals surface area contributed by atoms with Crippen LogP contribution in [0.5, 0.6) is 0 Å². The van der Waals surface area contributed by atoms with E-state index in [-0.39, 0.29) is 0 Å². The number of β-amino-alcohol motifs (C(OH)–C–C–N with tert-alkyl or cyclic N) is 1. The van der Waals surface area contributed by atoms with Gasteiger partial charge in [0.2, 0.25) is 0 Å². The molecule has 0 aliphatic carbocycles. The fourth-order valence-corrected chi connectivity index (χ4v) is 3.31. The van der Waals surface area contributed by atoms with Gasteiger partial charge in [-0.2, -0.15) is 5.10 Å². The molecule has 3 aromatic rings. The minimum Gasteiger partial charge on any atom is -0.386 e. The smallest absolute Gasteiger partial charge is 0.154 e. The lowest BCUT2D eigenvalue weighted by molar-refractivity contribution is 0.00591. The number of hydrogen-bond acceptors (Lipinski definition) is 6. The van der Waals surface area contributed by atoms with E-state index in [2.05, 4.69) is 25.3 Å². The zero-order chi connectivity index (χ0) is 15.9. The lowest BCUT2D eigenvalue weighted by Gasteiger charge is -2.39. The van der Waals surface area contributed by atoms with Crippen molar-refractivity contribution in [2.75, 3.05) is 18.0 Å². The first-order valence-corrected chi connectivity index (χ1v) is 7.75. The minimum absolute atomic E-state index is 0.435. The van der Waals surface area contributed by atoms with Gasteiger partial charge in [-0.3, -0.25) is 0 Å². The van der Waals surface area contributed by atoms with Crippen molar-refractivity contribution in [1.29, 1.82) is 0 Å². The number of aromatic nitrogens is 6. The van der Waals surface area contributed by atoms with E-state index in [0.29, 0.717) is 13.1 Å². The molecule has 120 valence electrons. The van der Waals surface area contributed by atoms with E-state index in [1.807, 2.05) is 23.7 Å². The van der Waals surface area contributed by atoms with Crippen LogP contribution in [0.3, 0.4) is 0 Å². The Balaban J connectivity index is 1.63. The predicted molar refractivity (Wildman–Crippen MR) is 84.1 cm³/mol. The van der Waals surface area contributed by atoms with E-state index in [9.17, 15) is 5.11 Å². The second-order valence-corrected chi connectivity index (χ2v) is 6.22. The van der Waals surface area contributed by atoms with E-state index < -0.39 is 5.60 Å². The molecule has 0 radical (unpaired) electrons. The van der Waals surface area contributed by atoms with Crippen LogP contribution < -0.4 is 4.90 Å². The van der Waals surface area contributed by atoms with E-state index >= 15 is 0 Å². The third-order valence-electron chi connectivity index (χ3n) is 4.27. The van der Waals surface area contributed by atoms with Crippen LogP contribution in [0.15, 0.2) is 30.9 Å². The van der Waals surface area contributed by atoms with Crippen molar-refractivity contribution in [2.45, 2.75) is 31.9 Å². The zero-order valence-electron chi connectivity index (χ0n) is 13.0. The minimum atomic E-state index is -0.838. The number of fused-ring (bicyclic) bond motifs is 1. The molecule has 0 spiro atoms. The topological polar surface area (TPSA) is 84.4 Å². The number of aliphatic hydroxyl groups is 1. The van der Waals surface area contributed by atoms with Gasteiger partial charge >= 0.3 is 0 Å². The third-order valence-corrected chi connectivity index (χ3v) is 4.27. The number of nitrogens with zero attached hydrogens (tertiary/aromatic N) is 7. The number of hydrogen-bond donors (Lipinski definition) is 1. The van der Waals surface area contributed by atoms with Crippen molar-refractivity contribution in [1.82, 2.24) is 29.6 Å². The molecule has 1 aliphatic heterocycles. The highest BCUT2D eigenvalue weighted by Gasteiger charge is 2.35. The van der Waals surface area contributed by atoms with Crippen molar-refractivity contribution >= 4 is 11.3 Å². The van der Waals surface area contributed by atoms with Gasteiger partial charge in [-0.15, -0.1) is 5.10 Å². The zero-order valence-corrected chi connectivity index (χ0v) is 13.0. The van der Waals surface area contributed by atoms with E-state index in [1.54, 1.807) is 23.3 Å². The second kappa shape index (κ2) is 5.31. The molecule has 4 heterocycles. The molecular formula is C15H19N7O. The maximum absolute atomic E-state index is 11.0. The SMILES string of the molecule is Cc1cc2c(N3CCCC(O)(Cn4ccnn4)C3)nccn2n1. The molecule has 0 bridgehead atoms. The molecule has 8 nitrogen and oxygen atoms in total. The monoisotopic (exact) mass is 313 g/mol. The summed E-state index contributed by atoms with van der Waals surface area (Å²) >= 11 is 0. The van der Waals surface area contributed by atoms with Crippen LogP contribution in [-0.2, 0) is 6.54 Å². The van der Waals surface area contributed by atoms with E-state index in [1.165, 1.54) is 0 Å². The molecule has 1 saturated heterocycles. The quantitative estimate of drug-likeness (QED) is 0.765. The fourth-order valence-electron chi connectivity index (χ4n) is 3.31. The molecule has 1 atom stereocenters. The number of piperidine rings is 1. The molecule has 1 unspecified atom stereocenters. The molecule has 1 N–H and O–H groups in total. The lowest BCUT2D eigenvalue weighted by atomic mass is 9.92. The number of anilines is 1. The molecule has 1 fully saturated rings. The molecule has 8 heteroatoms. The van der Waals surface area contributed by atoms with Crippen molar-refractivity contribution in [3.63, 3.8) is 0 Å². The van der Waals surface area contributed by atoms with Crippen molar-refractivity contribution in [3.8, 4) is 0 Å². The van der Waals surface area contributed by atoms with Gasteiger partial charge in [0.05, 0.1) is 25.0 Å². The van der Waals surface area contributed by atoms with Crippen LogP contribution in [0.2, 0.25) is 0 Å². The molecule has 1 aliphatic rings. The molecule has 23 heavy (non-hydrogen) atoms. The Morgan fingerprint density at radius 2 is 2.22 bits per heavy atom. The summed E-state index contributed by atoms with van der Waals surface area (Å²) in [5.74, 6) is 0.866. The molecule has 0 aromatic carbocycles. The van der Waals surface area contributed by atoms with Gasteiger partial charge in [0.1, 0.15) is 11.1 Å².